The molecule has 0 amide bonds. The monoisotopic (exact) mass is 370 g/mol. The zero-order valence-corrected chi connectivity index (χ0v) is 15.8. The summed E-state index contributed by atoms with van der Waals surface area (Å²) in [4.78, 5) is 36.2. The lowest BCUT2D eigenvalue weighted by Crippen LogP contribution is -2.27. The lowest BCUT2D eigenvalue weighted by Gasteiger charge is -2.20. The average Bonchev–Trinajstić information content (AvgIpc) is 2.59. The first kappa shape index (κ1) is 20.2. The predicted molar refractivity (Wildman–Crippen MR) is 99.2 cm³/mol. The van der Waals surface area contributed by atoms with E-state index in [2.05, 4.69) is 0 Å². The lowest BCUT2D eigenvalue weighted by atomic mass is 10.1. The quantitative estimate of drug-likeness (QED) is 0.437. The van der Waals surface area contributed by atoms with Gasteiger partial charge in [0.25, 0.3) is 0 Å². The summed E-state index contributed by atoms with van der Waals surface area (Å²) in [6.07, 6.45) is 0. The summed E-state index contributed by atoms with van der Waals surface area (Å²) in [6.45, 7) is 6.20. The van der Waals surface area contributed by atoms with Gasteiger partial charge in [0.2, 0.25) is 0 Å². The SMILES string of the molecule is CC(=O)c1c(OCC(=O)OC(C)(C)C)cccc1OC(=O)c1ccccc1. The number of ether oxygens (including phenoxy) is 3. The van der Waals surface area contributed by atoms with Gasteiger partial charge in [-0.1, -0.05) is 24.3 Å². The van der Waals surface area contributed by atoms with Crippen LogP contribution in [0.25, 0.3) is 0 Å². The number of Topliss-reactive ketones (excluding diaryl/α,β-unsaturated/α-hetero) is 1. The van der Waals surface area contributed by atoms with Gasteiger partial charge in [-0.15, -0.1) is 0 Å². The molecule has 0 aliphatic heterocycles. The molecule has 2 aromatic rings. The summed E-state index contributed by atoms with van der Waals surface area (Å²) >= 11 is 0. The van der Waals surface area contributed by atoms with Crippen LogP contribution in [0, 0.1) is 0 Å². The van der Waals surface area contributed by atoms with Gasteiger partial charge in [-0.05, 0) is 52.0 Å². The molecule has 2 aromatic carbocycles. The maximum Gasteiger partial charge on any atom is 0.344 e. The summed E-state index contributed by atoms with van der Waals surface area (Å²) in [5.74, 6) is -1.30. The summed E-state index contributed by atoms with van der Waals surface area (Å²) in [6, 6.07) is 13.0. The largest absolute Gasteiger partial charge is 0.481 e. The number of hydrogen-bond donors (Lipinski definition) is 0. The van der Waals surface area contributed by atoms with Gasteiger partial charge < -0.3 is 14.2 Å². The highest BCUT2D eigenvalue weighted by Crippen LogP contribution is 2.30. The smallest absolute Gasteiger partial charge is 0.344 e. The van der Waals surface area contributed by atoms with Crippen molar-refractivity contribution in [3.8, 4) is 11.5 Å². The summed E-state index contributed by atoms with van der Waals surface area (Å²) in [7, 11) is 0. The van der Waals surface area contributed by atoms with Crippen LogP contribution in [-0.2, 0) is 9.53 Å². The minimum atomic E-state index is -0.642. The molecule has 0 aromatic heterocycles. The first-order chi connectivity index (χ1) is 12.7. The Hall–Kier alpha value is -3.15. The Bertz CT molecular complexity index is 833. The zero-order chi connectivity index (χ0) is 20.0. The van der Waals surface area contributed by atoms with E-state index < -0.39 is 17.5 Å². The van der Waals surface area contributed by atoms with Crippen LogP contribution in [0.2, 0.25) is 0 Å². The number of esters is 2. The predicted octanol–water partition coefficient (Wildman–Crippen LogP) is 3.83. The Morgan fingerprint density at radius 2 is 1.52 bits per heavy atom. The fourth-order valence-electron chi connectivity index (χ4n) is 2.30. The van der Waals surface area contributed by atoms with Gasteiger partial charge in [0.15, 0.2) is 12.4 Å². The van der Waals surface area contributed by atoms with E-state index in [0.717, 1.165) is 0 Å². The number of benzene rings is 2. The van der Waals surface area contributed by atoms with Crippen LogP contribution >= 0.6 is 0 Å². The van der Waals surface area contributed by atoms with E-state index in [1.165, 1.54) is 19.1 Å². The molecule has 0 saturated carbocycles. The summed E-state index contributed by atoms with van der Waals surface area (Å²) in [5, 5.41) is 0. The number of hydrogen-bond acceptors (Lipinski definition) is 6. The Labute approximate surface area is 158 Å². The second-order valence-corrected chi connectivity index (χ2v) is 6.82. The highest BCUT2D eigenvalue weighted by Gasteiger charge is 2.21. The van der Waals surface area contributed by atoms with Gasteiger partial charge in [0.1, 0.15) is 22.7 Å². The molecule has 0 spiro atoms. The first-order valence-electron chi connectivity index (χ1n) is 8.43. The molecule has 27 heavy (non-hydrogen) atoms. The Balaban J connectivity index is 2.20. The third kappa shape index (κ3) is 5.95. The first-order valence-corrected chi connectivity index (χ1v) is 8.43. The van der Waals surface area contributed by atoms with Crippen molar-refractivity contribution < 1.29 is 28.6 Å². The highest BCUT2D eigenvalue weighted by atomic mass is 16.6. The van der Waals surface area contributed by atoms with Crippen LogP contribution in [0.1, 0.15) is 48.4 Å². The van der Waals surface area contributed by atoms with Gasteiger partial charge >= 0.3 is 11.9 Å². The maximum absolute atomic E-state index is 12.3. The van der Waals surface area contributed by atoms with Crippen molar-refractivity contribution in [2.45, 2.75) is 33.3 Å². The molecule has 0 unspecified atom stereocenters. The summed E-state index contributed by atoms with van der Waals surface area (Å²) in [5.41, 5.74) is -0.200. The van der Waals surface area contributed by atoms with E-state index in [1.54, 1.807) is 57.2 Å². The van der Waals surface area contributed by atoms with Crippen LogP contribution in [-0.4, -0.2) is 29.9 Å². The van der Waals surface area contributed by atoms with Crippen molar-refractivity contribution in [2.75, 3.05) is 6.61 Å². The topological polar surface area (TPSA) is 78.9 Å². The molecule has 142 valence electrons. The van der Waals surface area contributed by atoms with Gasteiger partial charge in [0.05, 0.1) is 5.56 Å². The normalized spacial score (nSPS) is 10.8. The van der Waals surface area contributed by atoms with Crippen molar-refractivity contribution in [3.63, 3.8) is 0 Å². The molecule has 6 nitrogen and oxygen atoms in total. The number of carbonyl (C=O) groups is 3. The lowest BCUT2D eigenvalue weighted by molar-refractivity contribution is -0.157. The van der Waals surface area contributed by atoms with Crippen molar-refractivity contribution in [1.82, 2.24) is 0 Å². The van der Waals surface area contributed by atoms with Crippen LogP contribution in [0.3, 0.4) is 0 Å². The third-order valence-electron chi connectivity index (χ3n) is 3.32. The number of ketones is 1. The molecular weight excluding hydrogens is 348 g/mol. The highest BCUT2D eigenvalue weighted by molar-refractivity contribution is 6.01. The Morgan fingerprint density at radius 3 is 2.11 bits per heavy atom. The van der Waals surface area contributed by atoms with Crippen molar-refractivity contribution >= 4 is 17.7 Å². The standard InChI is InChI=1S/C21H22O6/c1-14(22)19-16(25-13-18(23)27-21(2,3)4)11-8-12-17(19)26-20(24)15-9-6-5-7-10-15/h5-12H,13H2,1-4H3. The molecule has 0 bridgehead atoms. The van der Waals surface area contributed by atoms with Gasteiger partial charge in [-0.2, -0.15) is 0 Å². The Morgan fingerprint density at radius 1 is 0.889 bits per heavy atom. The molecule has 0 fully saturated rings. The average molecular weight is 370 g/mol. The molecule has 0 N–H and O–H groups in total. The van der Waals surface area contributed by atoms with E-state index in [-0.39, 0.29) is 29.5 Å². The molecule has 0 atom stereocenters. The van der Waals surface area contributed by atoms with E-state index in [1.807, 2.05) is 0 Å². The number of rotatable bonds is 6. The zero-order valence-electron chi connectivity index (χ0n) is 15.8. The van der Waals surface area contributed by atoms with E-state index in [9.17, 15) is 14.4 Å². The second kappa shape index (κ2) is 8.49. The molecule has 0 aliphatic carbocycles. The minimum absolute atomic E-state index is 0.0676. The van der Waals surface area contributed by atoms with Gasteiger partial charge in [0, 0.05) is 0 Å². The fraction of sp³-hybridized carbons (Fsp3) is 0.286. The van der Waals surface area contributed by atoms with E-state index in [4.69, 9.17) is 14.2 Å². The molecule has 2 rings (SSSR count). The van der Waals surface area contributed by atoms with Crippen LogP contribution in [0.4, 0.5) is 0 Å². The molecule has 0 heterocycles. The van der Waals surface area contributed by atoms with Crippen molar-refractivity contribution in [2.24, 2.45) is 0 Å². The van der Waals surface area contributed by atoms with Crippen molar-refractivity contribution in [1.29, 1.82) is 0 Å². The third-order valence-corrected chi connectivity index (χ3v) is 3.32. The molecule has 6 heteroatoms. The molecule has 0 radical (unpaired) electrons. The van der Waals surface area contributed by atoms with Crippen LogP contribution in [0.5, 0.6) is 11.5 Å². The van der Waals surface area contributed by atoms with Gasteiger partial charge in [-0.25, -0.2) is 9.59 Å². The van der Waals surface area contributed by atoms with E-state index >= 15 is 0 Å². The van der Waals surface area contributed by atoms with Gasteiger partial charge in [-0.3, -0.25) is 4.79 Å². The van der Waals surface area contributed by atoms with Crippen LogP contribution < -0.4 is 9.47 Å². The molecule has 0 aliphatic rings. The summed E-state index contributed by atoms with van der Waals surface area (Å²) < 4.78 is 16.0. The Kier molecular flexibility index (Phi) is 6.34. The fourth-order valence-corrected chi connectivity index (χ4v) is 2.30. The van der Waals surface area contributed by atoms with E-state index in [0.29, 0.717) is 5.56 Å². The molecule has 0 saturated heterocycles. The molecular formula is C21H22O6. The number of carbonyl (C=O) groups excluding carboxylic acids is 3. The minimum Gasteiger partial charge on any atom is -0.481 e. The van der Waals surface area contributed by atoms with Crippen LogP contribution in [0.15, 0.2) is 48.5 Å². The van der Waals surface area contributed by atoms with Crippen molar-refractivity contribution in [3.05, 3.63) is 59.7 Å². The second-order valence-electron chi connectivity index (χ2n) is 6.82. The maximum atomic E-state index is 12.3.